The molecule has 0 fully saturated rings. The molecule has 0 aliphatic rings. The Kier molecular flexibility index (Phi) is 10.6. The van der Waals surface area contributed by atoms with Gasteiger partial charge in [0.2, 0.25) is 0 Å². The Morgan fingerprint density at radius 2 is 1.22 bits per heavy atom. The third kappa shape index (κ3) is 6.33. The summed E-state index contributed by atoms with van der Waals surface area (Å²) in [7, 11) is 3.35. The minimum atomic E-state index is -0.0133. The first-order valence-electron chi connectivity index (χ1n) is 7.65. The molecule has 0 aromatic rings. The van der Waals surface area contributed by atoms with E-state index >= 15 is 0 Å². The molecule has 0 rings (SSSR count). The van der Waals surface area contributed by atoms with Crippen LogP contribution in [0.2, 0.25) is 0 Å². The fourth-order valence-corrected chi connectivity index (χ4v) is 3.34. The van der Waals surface area contributed by atoms with Crippen molar-refractivity contribution in [3.63, 3.8) is 0 Å². The third-order valence-electron chi connectivity index (χ3n) is 4.10. The molecule has 0 radical (unpaired) electrons. The summed E-state index contributed by atoms with van der Waals surface area (Å²) >= 11 is 21.6. The quantitative estimate of drug-likeness (QED) is 0.259. The molecule has 23 heavy (non-hydrogen) atoms. The Morgan fingerprint density at radius 3 is 1.39 bits per heavy atom. The first-order valence-corrected chi connectivity index (χ1v) is 9.28. The Hall–Kier alpha value is 0.420. The van der Waals surface area contributed by atoms with Gasteiger partial charge in [0.25, 0.3) is 0 Å². The van der Waals surface area contributed by atoms with Crippen molar-refractivity contribution in [1.82, 2.24) is 5.53 Å². The molecule has 136 valence electrons. The van der Waals surface area contributed by atoms with Crippen molar-refractivity contribution in [1.29, 1.82) is 0 Å². The SMILES string of the molecule is CC[N@@+](C[C@@H](C)OC)(N[N@@+](CC)(C[C@@H](C)OC)C(=S)[S-])C(=S)[S-]. The fourth-order valence-electron chi connectivity index (χ4n) is 2.36. The zero-order chi connectivity index (χ0) is 18.3. The van der Waals surface area contributed by atoms with E-state index in [1.165, 1.54) is 0 Å². The number of ether oxygens (including phenoxy) is 2. The van der Waals surface area contributed by atoms with E-state index in [0.717, 1.165) is 0 Å². The lowest BCUT2D eigenvalue weighted by Gasteiger charge is -2.49. The lowest BCUT2D eigenvalue weighted by atomic mass is 10.3. The minimum Gasteiger partial charge on any atom is -0.376 e. The second-order valence-electron chi connectivity index (χ2n) is 5.66. The molecule has 4 atom stereocenters. The van der Waals surface area contributed by atoms with Gasteiger partial charge >= 0.3 is 0 Å². The van der Waals surface area contributed by atoms with Crippen LogP contribution in [-0.2, 0) is 34.7 Å². The number of hydrogen-bond acceptors (Lipinski definition) is 7. The van der Waals surface area contributed by atoms with E-state index in [1.54, 1.807) is 14.2 Å². The van der Waals surface area contributed by atoms with Crippen LogP contribution in [0.15, 0.2) is 0 Å². The van der Waals surface area contributed by atoms with Gasteiger partial charge in [0.05, 0.1) is 8.64 Å². The van der Waals surface area contributed by atoms with Crippen LogP contribution in [0.5, 0.6) is 0 Å². The first kappa shape index (κ1) is 23.4. The van der Waals surface area contributed by atoms with E-state index in [2.05, 4.69) is 5.53 Å². The van der Waals surface area contributed by atoms with E-state index in [9.17, 15) is 0 Å². The molecule has 0 aromatic heterocycles. The maximum absolute atomic E-state index is 5.42. The van der Waals surface area contributed by atoms with Crippen LogP contribution in [0.25, 0.3) is 0 Å². The van der Waals surface area contributed by atoms with Crippen molar-refractivity contribution >= 4 is 58.3 Å². The van der Waals surface area contributed by atoms with Crippen LogP contribution in [0.1, 0.15) is 27.7 Å². The molecular formula is C14H29N3O2S4. The van der Waals surface area contributed by atoms with Crippen LogP contribution < -0.4 is 5.53 Å². The molecular weight excluding hydrogens is 370 g/mol. The van der Waals surface area contributed by atoms with Gasteiger partial charge in [-0.1, -0.05) is 0 Å². The molecule has 0 saturated heterocycles. The summed E-state index contributed by atoms with van der Waals surface area (Å²) in [5.41, 5.74) is 3.53. The van der Waals surface area contributed by atoms with Crippen LogP contribution >= 0.6 is 24.4 Å². The van der Waals surface area contributed by atoms with Crippen LogP contribution in [0, 0.1) is 0 Å². The Morgan fingerprint density at radius 1 is 0.913 bits per heavy atom. The molecule has 1 N–H and O–H groups in total. The average Bonchev–Trinajstić information content (AvgIpc) is 2.52. The fraction of sp³-hybridized carbons (Fsp3) is 0.857. The van der Waals surface area contributed by atoms with E-state index in [4.69, 9.17) is 59.2 Å². The monoisotopic (exact) mass is 399 g/mol. The van der Waals surface area contributed by atoms with Gasteiger partial charge in [0, 0.05) is 14.2 Å². The summed E-state index contributed by atoms with van der Waals surface area (Å²) in [6, 6.07) is 0. The zero-order valence-electron chi connectivity index (χ0n) is 14.8. The number of rotatable bonds is 10. The highest BCUT2D eigenvalue weighted by Gasteiger charge is 2.40. The zero-order valence-corrected chi connectivity index (χ0v) is 18.1. The van der Waals surface area contributed by atoms with Gasteiger partial charge < -0.3 is 59.2 Å². The number of nitrogens with one attached hydrogen (secondary N) is 1. The van der Waals surface area contributed by atoms with E-state index in [0.29, 0.717) is 34.8 Å². The van der Waals surface area contributed by atoms with Gasteiger partial charge in [0.15, 0.2) is 0 Å². The minimum absolute atomic E-state index is 0.0133. The molecule has 0 aliphatic carbocycles. The van der Waals surface area contributed by atoms with E-state index < -0.39 is 0 Å². The number of nitrogens with zero attached hydrogens (tertiary/aromatic N) is 2. The van der Waals surface area contributed by atoms with Crippen LogP contribution in [0.3, 0.4) is 0 Å². The maximum atomic E-state index is 5.42. The molecule has 9 heteroatoms. The van der Waals surface area contributed by atoms with Crippen molar-refractivity contribution in [2.24, 2.45) is 0 Å². The molecule has 0 amide bonds. The molecule has 0 spiro atoms. The van der Waals surface area contributed by atoms with Crippen molar-refractivity contribution in [2.45, 2.75) is 39.9 Å². The van der Waals surface area contributed by atoms with Gasteiger partial charge in [-0.2, -0.15) is 9.18 Å². The molecule has 0 bridgehead atoms. The van der Waals surface area contributed by atoms with E-state index in [-0.39, 0.29) is 21.4 Å². The van der Waals surface area contributed by atoms with Crippen LogP contribution in [0.4, 0.5) is 0 Å². The van der Waals surface area contributed by atoms with Crippen molar-refractivity contribution in [3.8, 4) is 0 Å². The van der Waals surface area contributed by atoms with Gasteiger partial charge in [0.1, 0.15) is 38.4 Å². The topological polar surface area (TPSA) is 30.5 Å². The number of thiocarbonyl (C=S) groups is 2. The third-order valence-corrected chi connectivity index (χ3v) is 5.50. The lowest BCUT2D eigenvalue weighted by Crippen LogP contribution is -2.77. The van der Waals surface area contributed by atoms with Gasteiger partial charge in [-0.05, 0) is 33.2 Å². The first-order chi connectivity index (χ1) is 10.6. The molecule has 0 aromatic carbocycles. The van der Waals surface area contributed by atoms with Gasteiger partial charge in [-0.3, -0.25) is 0 Å². The molecule has 0 unspecified atom stereocenters. The summed E-state index contributed by atoms with van der Waals surface area (Å²) in [6.45, 7) is 10.6. The predicted molar refractivity (Wildman–Crippen MR) is 107 cm³/mol. The molecule has 5 nitrogen and oxygen atoms in total. The normalized spacial score (nSPS) is 19.4. The van der Waals surface area contributed by atoms with Gasteiger partial charge in [-0.25, -0.2) is 0 Å². The maximum Gasteiger partial charge on any atom is 0.130 e. The standard InChI is InChI=1S/C14H29N3O2S4/c1-7-16(13(20)21,9-11(3)18-5)15-17(8-2,14(22)23)10-12(4)19-6/h11-12,15H,7-10H2,1-6H3/t11-,12-,16+,17+/m1/s1. The summed E-state index contributed by atoms with van der Waals surface area (Å²) in [6.07, 6.45) is -0.0266. The summed E-state index contributed by atoms with van der Waals surface area (Å²) < 4.78 is 12.1. The number of likely N-dealkylation sites (N-methyl/N-ethyl adjacent to an activating group) is 2. The smallest absolute Gasteiger partial charge is 0.130 e. The number of methoxy groups -OCH3 is 2. The summed E-state index contributed by atoms with van der Waals surface area (Å²) in [5.74, 6) is 0. The predicted octanol–water partition coefficient (Wildman–Crippen LogP) is 1.81. The molecule has 0 saturated carbocycles. The molecule has 0 aliphatic heterocycles. The van der Waals surface area contributed by atoms with Crippen LogP contribution in [-0.4, -0.2) is 70.4 Å². The van der Waals surface area contributed by atoms with Crippen molar-refractivity contribution in [2.75, 3.05) is 40.4 Å². The Labute approximate surface area is 162 Å². The highest BCUT2D eigenvalue weighted by molar-refractivity contribution is 8.00. The van der Waals surface area contributed by atoms with Crippen molar-refractivity contribution < 1.29 is 18.7 Å². The van der Waals surface area contributed by atoms with Crippen molar-refractivity contribution in [3.05, 3.63) is 0 Å². The highest BCUT2D eigenvalue weighted by atomic mass is 32.1. The number of quaternary nitrogens is 2. The highest BCUT2D eigenvalue weighted by Crippen LogP contribution is 2.16. The number of hydrogen-bond donors (Lipinski definition) is 1. The van der Waals surface area contributed by atoms with Gasteiger partial charge in [-0.15, -0.1) is 0 Å². The lowest BCUT2D eigenvalue weighted by molar-refractivity contribution is -1.09. The Balaban J connectivity index is 5.76. The molecule has 0 heterocycles. The average molecular weight is 400 g/mol. The Bertz CT molecular complexity index is 377. The van der Waals surface area contributed by atoms with E-state index in [1.807, 2.05) is 27.7 Å². The second-order valence-corrected chi connectivity index (χ2v) is 7.72. The summed E-state index contributed by atoms with van der Waals surface area (Å²) in [5, 5.41) is 0. The second kappa shape index (κ2) is 10.4. The summed E-state index contributed by atoms with van der Waals surface area (Å²) in [4.78, 5) is 0. The largest absolute Gasteiger partial charge is 0.376 e.